The van der Waals surface area contributed by atoms with Crippen molar-refractivity contribution in [3.8, 4) is 0 Å². The molecule has 1 atom stereocenters. The number of thiophene rings is 1. The minimum atomic E-state index is 0.412. The van der Waals surface area contributed by atoms with Gasteiger partial charge in [0.15, 0.2) is 0 Å². The normalized spacial score (nSPS) is 20.4. The van der Waals surface area contributed by atoms with E-state index in [0.717, 1.165) is 17.2 Å². The van der Waals surface area contributed by atoms with Crippen molar-refractivity contribution in [1.29, 1.82) is 0 Å². The summed E-state index contributed by atoms with van der Waals surface area (Å²) < 4.78 is 0. The van der Waals surface area contributed by atoms with Gasteiger partial charge < -0.3 is 10.6 Å². The van der Waals surface area contributed by atoms with Crippen LogP contribution in [0.25, 0.3) is 10.2 Å². The van der Waals surface area contributed by atoms with Gasteiger partial charge in [0.1, 0.15) is 17.0 Å². The third-order valence-electron chi connectivity index (χ3n) is 4.37. The van der Waals surface area contributed by atoms with E-state index >= 15 is 0 Å². The fraction of sp³-hybridized carbons (Fsp3) is 0.600. The van der Waals surface area contributed by atoms with Gasteiger partial charge in [-0.15, -0.1) is 11.3 Å². The molecule has 0 bridgehead atoms. The summed E-state index contributed by atoms with van der Waals surface area (Å²) in [5.74, 6) is 1.09. The van der Waals surface area contributed by atoms with Gasteiger partial charge >= 0.3 is 0 Å². The number of anilines is 1. The van der Waals surface area contributed by atoms with Gasteiger partial charge in [-0.1, -0.05) is 12.8 Å². The van der Waals surface area contributed by atoms with E-state index in [4.69, 9.17) is 5.73 Å². The third kappa shape index (κ3) is 2.29. The maximum atomic E-state index is 6.01. The zero-order valence-corrected chi connectivity index (χ0v) is 13.0. The van der Waals surface area contributed by atoms with Crippen molar-refractivity contribution in [2.45, 2.75) is 45.6 Å². The van der Waals surface area contributed by atoms with Crippen molar-refractivity contribution in [3.63, 3.8) is 0 Å². The molecule has 2 aromatic heterocycles. The monoisotopic (exact) mass is 290 g/mol. The standard InChI is InChI=1S/C15H22N4S/c1-10-11(2)20-15-13(10)14(17-9-18-15)19-7-5-3-4-6-12(19)8-16/h9,12H,3-8,16H2,1-2H3. The van der Waals surface area contributed by atoms with Crippen LogP contribution in [0.15, 0.2) is 6.33 Å². The molecule has 0 saturated carbocycles. The summed E-state index contributed by atoms with van der Waals surface area (Å²) in [6.07, 6.45) is 6.66. The molecule has 0 radical (unpaired) electrons. The number of rotatable bonds is 2. The van der Waals surface area contributed by atoms with Crippen LogP contribution in [0.3, 0.4) is 0 Å². The van der Waals surface area contributed by atoms with E-state index in [9.17, 15) is 0 Å². The average Bonchev–Trinajstić information content (AvgIpc) is 2.66. The first kappa shape index (κ1) is 13.8. The fourth-order valence-electron chi connectivity index (χ4n) is 3.08. The number of nitrogens with two attached hydrogens (primary N) is 1. The number of fused-ring (bicyclic) bond motifs is 1. The molecule has 1 unspecified atom stereocenters. The van der Waals surface area contributed by atoms with Crippen molar-refractivity contribution in [2.75, 3.05) is 18.0 Å². The smallest absolute Gasteiger partial charge is 0.141 e. The lowest BCUT2D eigenvalue weighted by atomic mass is 10.1. The Morgan fingerprint density at radius 1 is 1.30 bits per heavy atom. The lowest BCUT2D eigenvalue weighted by Gasteiger charge is -2.30. The highest BCUT2D eigenvalue weighted by molar-refractivity contribution is 7.18. The molecule has 2 aromatic rings. The van der Waals surface area contributed by atoms with Crippen LogP contribution in [-0.2, 0) is 0 Å². The Hall–Kier alpha value is -1.20. The second-order valence-electron chi connectivity index (χ2n) is 5.59. The lowest BCUT2D eigenvalue weighted by molar-refractivity contribution is 0.577. The van der Waals surface area contributed by atoms with Crippen LogP contribution >= 0.6 is 11.3 Å². The van der Waals surface area contributed by atoms with Crippen molar-refractivity contribution < 1.29 is 0 Å². The van der Waals surface area contributed by atoms with Crippen LogP contribution in [0.1, 0.15) is 36.1 Å². The van der Waals surface area contributed by atoms with E-state index < -0.39 is 0 Å². The molecule has 1 aliphatic heterocycles. The van der Waals surface area contributed by atoms with Gasteiger partial charge in [0.2, 0.25) is 0 Å². The third-order valence-corrected chi connectivity index (χ3v) is 5.48. The highest BCUT2D eigenvalue weighted by Crippen LogP contribution is 2.35. The summed E-state index contributed by atoms with van der Waals surface area (Å²) in [7, 11) is 0. The lowest BCUT2D eigenvalue weighted by Crippen LogP contribution is -2.40. The van der Waals surface area contributed by atoms with E-state index in [-0.39, 0.29) is 0 Å². The van der Waals surface area contributed by atoms with Crippen LogP contribution in [0.4, 0.5) is 5.82 Å². The van der Waals surface area contributed by atoms with Crippen molar-refractivity contribution in [1.82, 2.24) is 9.97 Å². The first-order chi connectivity index (χ1) is 9.72. The number of hydrogen-bond donors (Lipinski definition) is 1. The largest absolute Gasteiger partial charge is 0.352 e. The number of hydrogen-bond acceptors (Lipinski definition) is 5. The van der Waals surface area contributed by atoms with Crippen LogP contribution in [0.5, 0.6) is 0 Å². The minimum absolute atomic E-state index is 0.412. The molecule has 0 amide bonds. The highest BCUT2D eigenvalue weighted by Gasteiger charge is 2.24. The molecule has 0 spiro atoms. The zero-order valence-electron chi connectivity index (χ0n) is 12.2. The SMILES string of the molecule is Cc1sc2ncnc(N3CCCCCC3CN)c2c1C. The molecule has 1 aliphatic rings. The molecule has 3 heterocycles. The predicted octanol–water partition coefficient (Wildman–Crippen LogP) is 3.02. The predicted molar refractivity (Wildman–Crippen MR) is 85.5 cm³/mol. The molecule has 3 rings (SSSR count). The molecule has 1 saturated heterocycles. The van der Waals surface area contributed by atoms with Crippen molar-refractivity contribution >= 4 is 27.4 Å². The van der Waals surface area contributed by atoms with Crippen molar-refractivity contribution in [3.05, 3.63) is 16.8 Å². The van der Waals surface area contributed by atoms with Gasteiger partial charge in [-0.2, -0.15) is 0 Å². The van der Waals surface area contributed by atoms with Crippen molar-refractivity contribution in [2.24, 2.45) is 5.73 Å². The minimum Gasteiger partial charge on any atom is -0.352 e. The summed E-state index contributed by atoms with van der Waals surface area (Å²) in [5.41, 5.74) is 7.33. The summed E-state index contributed by atoms with van der Waals surface area (Å²) in [4.78, 5) is 13.9. The van der Waals surface area contributed by atoms with Crippen LogP contribution in [0.2, 0.25) is 0 Å². The molecule has 20 heavy (non-hydrogen) atoms. The topological polar surface area (TPSA) is 55.0 Å². The van der Waals surface area contributed by atoms with Gasteiger partial charge in [0.25, 0.3) is 0 Å². The van der Waals surface area contributed by atoms with Gasteiger partial charge in [-0.05, 0) is 32.3 Å². The van der Waals surface area contributed by atoms with Gasteiger partial charge in [-0.3, -0.25) is 0 Å². The zero-order chi connectivity index (χ0) is 14.1. The Kier molecular flexibility index (Phi) is 3.89. The van der Waals surface area contributed by atoms with Crippen LogP contribution < -0.4 is 10.6 Å². The molecule has 0 aromatic carbocycles. The summed E-state index contributed by atoms with van der Waals surface area (Å²) in [6.45, 7) is 6.10. The fourth-order valence-corrected chi connectivity index (χ4v) is 4.07. The summed E-state index contributed by atoms with van der Waals surface area (Å²) in [5, 5.41) is 1.23. The number of aryl methyl sites for hydroxylation is 2. The van der Waals surface area contributed by atoms with E-state index in [1.165, 1.54) is 41.5 Å². The second-order valence-corrected chi connectivity index (χ2v) is 6.80. The Labute approximate surface area is 124 Å². The number of nitrogens with zero attached hydrogens (tertiary/aromatic N) is 3. The van der Waals surface area contributed by atoms with E-state index in [0.29, 0.717) is 12.6 Å². The molecule has 5 heteroatoms. The molecule has 108 valence electrons. The Morgan fingerprint density at radius 2 is 2.15 bits per heavy atom. The Balaban J connectivity index is 2.12. The first-order valence-electron chi connectivity index (χ1n) is 7.39. The Morgan fingerprint density at radius 3 is 2.95 bits per heavy atom. The van der Waals surface area contributed by atoms with E-state index in [1.54, 1.807) is 17.7 Å². The van der Waals surface area contributed by atoms with Gasteiger partial charge in [0.05, 0.1) is 5.39 Å². The average molecular weight is 290 g/mol. The molecule has 0 aliphatic carbocycles. The van der Waals surface area contributed by atoms with E-state index in [1.807, 2.05) is 0 Å². The summed E-state index contributed by atoms with van der Waals surface area (Å²) in [6, 6.07) is 0.412. The quantitative estimate of drug-likeness (QED) is 0.923. The maximum Gasteiger partial charge on any atom is 0.141 e. The summed E-state index contributed by atoms with van der Waals surface area (Å²) >= 11 is 1.76. The van der Waals surface area contributed by atoms with Gasteiger partial charge in [-0.25, -0.2) is 9.97 Å². The Bertz CT molecular complexity index is 607. The molecular formula is C15H22N4S. The van der Waals surface area contributed by atoms with Gasteiger partial charge in [0, 0.05) is 24.0 Å². The second kappa shape index (κ2) is 5.66. The first-order valence-corrected chi connectivity index (χ1v) is 8.21. The number of aromatic nitrogens is 2. The van der Waals surface area contributed by atoms with Crippen LogP contribution in [-0.4, -0.2) is 29.1 Å². The molecule has 2 N–H and O–H groups in total. The molecule has 1 fully saturated rings. The molecular weight excluding hydrogens is 268 g/mol. The van der Waals surface area contributed by atoms with E-state index in [2.05, 4.69) is 28.7 Å². The van der Waals surface area contributed by atoms with Crippen LogP contribution in [0, 0.1) is 13.8 Å². The maximum absolute atomic E-state index is 6.01. The highest BCUT2D eigenvalue weighted by atomic mass is 32.1. The molecule has 4 nitrogen and oxygen atoms in total.